The monoisotopic (exact) mass is 437 g/mol. The summed E-state index contributed by atoms with van der Waals surface area (Å²) < 4.78 is 11.5. The van der Waals surface area contributed by atoms with Crippen molar-refractivity contribution in [3.8, 4) is 11.5 Å². The second-order valence-electron chi connectivity index (χ2n) is 7.58. The molecular weight excluding hydrogens is 410 g/mol. The second kappa shape index (κ2) is 9.39. The van der Waals surface area contributed by atoms with Crippen LogP contribution in [0.15, 0.2) is 54.7 Å². The second-order valence-corrected chi connectivity index (χ2v) is 8.81. The van der Waals surface area contributed by atoms with Crippen LogP contribution in [0, 0.1) is 6.92 Å². The summed E-state index contributed by atoms with van der Waals surface area (Å²) in [5.74, 6) is 1.64. The first-order valence-corrected chi connectivity index (χ1v) is 11.3. The summed E-state index contributed by atoms with van der Waals surface area (Å²) in [5, 5.41) is 3.93. The van der Waals surface area contributed by atoms with Gasteiger partial charge in [0.15, 0.2) is 0 Å². The molecule has 1 atom stereocenters. The molecular formula is C24H27N3O3S. The predicted molar refractivity (Wildman–Crippen MR) is 123 cm³/mol. The molecule has 4 rings (SSSR count). The fourth-order valence-corrected chi connectivity index (χ4v) is 4.17. The third-order valence-electron chi connectivity index (χ3n) is 5.24. The molecule has 1 amide bonds. The highest BCUT2D eigenvalue weighted by atomic mass is 32.1. The maximum atomic E-state index is 12.3. The van der Waals surface area contributed by atoms with Gasteiger partial charge >= 0.3 is 0 Å². The van der Waals surface area contributed by atoms with Crippen LogP contribution in [0.4, 0.5) is 5.69 Å². The zero-order valence-electron chi connectivity index (χ0n) is 18.0. The quantitative estimate of drug-likeness (QED) is 0.558. The van der Waals surface area contributed by atoms with Crippen LogP contribution in [-0.4, -0.2) is 36.7 Å². The van der Waals surface area contributed by atoms with Gasteiger partial charge in [0.05, 0.1) is 36.9 Å². The molecule has 0 spiro atoms. The van der Waals surface area contributed by atoms with E-state index < -0.39 is 0 Å². The number of hydrogen-bond donors (Lipinski definition) is 1. The number of nitrogens with one attached hydrogen (secondary N) is 1. The first-order chi connectivity index (χ1) is 15.0. The van der Waals surface area contributed by atoms with E-state index in [0.717, 1.165) is 40.8 Å². The Labute approximate surface area is 186 Å². The standard InChI is InChI=1S/C24H27N3O3S/c1-4-29-20-9-11-21(12-10-20)30-22-14-27(15-22)19-7-5-18(6-8-19)16(2)26-24(28)23-13-25-17(3)31-23/h5-13,16,22H,4,14-15H2,1-3H3,(H,26,28)/t16-/m0/s1. The van der Waals surface area contributed by atoms with Gasteiger partial charge in [-0.1, -0.05) is 12.1 Å². The van der Waals surface area contributed by atoms with Crippen LogP contribution in [0.3, 0.4) is 0 Å². The number of thiazole rings is 1. The van der Waals surface area contributed by atoms with Crippen LogP contribution in [-0.2, 0) is 0 Å². The Morgan fingerprint density at radius 1 is 1.16 bits per heavy atom. The van der Waals surface area contributed by atoms with E-state index in [-0.39, 0.29) is 18.1 Å². The number of benzene rings is 2. The number of rotatable bonds is 8. The van der Waals surface area contributed by atoms with Crippen molar-refractivity contribution in [2.75, 3.05) is 24.6 Å². The molecule has 3 aromatic rings. The summed E-state index contributed by atoms with van der Waals surface area (Å²) in [4.78, 5) is 19.4. The molecule has 0 bridgehead atoms. The number of anilines is 1. The topological polar surface area (TPSA) is 63.7 Å². The van der Waals surface area contributed by atoms with Crippen LogP contribution >= 0.6 is 11.3 Å². The van der Waals surface area contributed by atoms with Crippen molar-refractivity contribution in [2.45, 2.75) is 32.9 Å². The number of aromatic nitrogens is 1. The van der Waals surface area contributed by atoms with Gasteiger partial charge < -0.3 is 19.7 Å². The van der Waals surface area contributed by atoms with Crippen molar-refractivity contribution in [3.63, 3.8) is 0 Å². The van der Waals surface area contributed by atoms with Gasteiger partial charge in [-0.25, -0.2) is 4.98 Å². The van der Waals surface area contributed by atoms with Gasteiger partial charge in [-0.15, -0.1) is 11.3 Å². The van der Waals surface area contributed by atoms with Crippen molar-refractivity contribution in [3.05, 3.63) is 70.2 Å². The van der Waals surface area contributed by atoms with Crippen LogP contribution in [0.25, 0.3) is 0 Å². The van der Waals surface area contributed by atoms with E-state index >= 15 is 0 Å². The number of hydrogen-bond acceptors (Lipinski definition) is 6. The Kier molecular flexibility index (Phi) is 6.42. The lowest BCUT2D eigenvalue weighted by Crippen LogP contribution is -2.54. The highest BCUT2D eigenvalue weighted by Gasteiger charge is 2.28. The van der Waals surface area contributed by atoms with Gasteiger partial charge in [-0.3, -0.25) is 4.79 Å². The van der Waals surface area contributed by atoms with E-state index in [1.54, 1.807) is 6.20 Å². The molecule has 1 saturated heterocycles. The SMILES string of the molecule is CCOc1ccc(OC2CN(c3ccc([C@H](C)NC(=O)c4cnc(C)s4)cc3)C2)cc1. The van der Waals surface area contributed by atoms with Gasteiger partial charge in [-0.2, -0.15) is 0 Å². The van der Waals surface area contributed by atoms with Gasteiger partial charge in [0.1, 0.15) is 22.5 Å². The predicted octanol–water partition coefficient (Wildman–Crippen LogP) is 4.61. The molecule has 1 aromatic heterocycles. The average molecular weight is 438 g/mol. The van der Waals surface area contributed by atoms with E-state index in [0.29, 0.717) is 11.5 Å². The summed E-state index contributed by atoms with van der Waals surface area (Å²) in [6.07, 6.45) is 1.81. The van der Waals surface area contributed by atoms with Crippen LogP contribution in [0.5, 0.6) is 11.5 Å². The molecule has 1 aliphatic heterocycles. The molecule has 2 aromatic carbocycles. The lowest BCUT2D eigenvalue weighted by Gasteiger charge is -2.40. The molecule has 0 aliphatic carbocycles. The minimum atomic E-state index is -0.0841. The summed E-state index contributed by atoms with van der Waals surface area (Å²) in [6, 6.07) is 16.0. The Bertz CT molecular complexity index is 1010. The molecule has 6 nitrogen and oxygen atoms in total. The molecule has 0 unspecified atom stereocenters. The van der Waals surface area contributed by atoms with Crippen molar-refractivity contribution >= 4 is 22.9 Å². The van der Waals surface area contributed by atoms with Crippen molar-refractivity contribution in [2.24, 2.45) is 0 Å². The summed E-state index contributed by atoms with van der Waals surface area (Å²) in [6.45, 7) is 8.22. The Morgan fingerprint density at radius 2 is 1.84 bits per heavy atom. The largest absolute Gasteiger partial charge is 0.494 e. The Morgan fingerprint density at radius 3 is 2.45 bits per heavy atom. The number of ether oxygens (including phenoxy) is 2. The summed E-state index contributed by atoms with van der Waals surface area (Å²) in [7, 11) is 0. The van der Waals surface area contributed by atoms with E-state index in [1.165, 1.54) is 11.3 Å². The van der Waals surface area contributed by atoms with Gasteiger partial charge in [0.2, 0.25) is 0 Å². The average Bonchev–Trinajstić information content (AvgIpc) is 3.18. The van der Waals surface area contributed by atoms with E-state index in [1.807, 2.05) is 45.0 Å². The normalized spacial score (nSPS) is 14.6. The van der Waals surface area contributed by atoms with E-state index in [2.05, 4.69) is 39.5 Å². The molecule has 0 saturated carbocycles. The molecule has 1 fully saturated rings. The number of nitrogens with zero attached hydrogens (tertiary/aromatic N) is 2. The highest BCUT2D eigenvalue weighted by Crippen LogP contribution is 2.27. The van der Waals surface area contributed by atoms with Gasteiger partial charge in [0, 0.05) is 5.69 Å². The van der Waals surface area contributed by atoms with Crippen molar-refractivity contribution < 1.29 is 14.3 Å². The smallest absolute Gasteiger partial charge is 0.263 e. The summed E-state index contributed by atoms with van der Waals surface area (Å²) >= 11 is 1.41. The van der Waals surface area contributed by atoms with Crippen molar-refractivity contribution in [1.29, 1.82) is 0 Å². The summed E-state index contributed by atoms with van der Waals surface area (Å²) in [5.41, 5.74) is 2.23. The first kappa shape index (κ1) is 21.2. The molecule has 1 N–H and O–H groups in total. The van der Waals surface area contributed by atoms with E-state index in [9.17, 15) is 4.79 Å². The zero-order valence-corrected chi connectivity index (χ0v) is 18.8. The van der Waals surface area contributed by atoms with Crippen LogP contribution in [0.2, 0.25) is 0 Å². The van der Waals surface area contributed by atoms with Crippen LogP contribution < -0.4 is 19.7 Å². The lowest BCUT2D eigenvalue weighted by atomic mass is 10.1. The fourth-order valence-electron chi connectivity index (χ4n) is 3.49. The Hall–Kier alpha value is -3.06. The fraction of sp³-hybridized carbons (Fsp3) is 0.333. The van der Waals surface area contributed by atoms with E-state index in [4.69, 9.17) is 9.47 Å². The molecule has 162 valence electrons. The third kappa shape index (κ3) is 5.17. The molecule has 31 heavy (non-hydrogen) atoms. The maximum Gasteiger partial charge on any atom is 0.263 e. The first-order valence-electron chi connectivity index (χ1n) is 10.5. The van der Waals surface area contributed by atoms with Gasteiger partial charge in [0.25, 0.3) is 5.91 Å². The number of amides is 1. The minimum Gasteiger partial charge on any atom is -0.494 e. The van der Waals surface area contributed by atoms with Crippen LogP contribution in [0.1, 0.15) is 40.1 Å². The molecule has 0 radical (unpaired) electrons. The Balaban J connectivity index is 1.26. The molecule has 1 aliphatic rings. The molecule has 2 heterocycles. The zero-order chi connectivity index (χ0) is 21.8. The number of carbonyl (C=O) groups excluding carboxylic acids is 1. The molecule has 7 heteroatoms. The number of carbonyl (C=O) groups is 1. The van der Waals surface area contributed by atoms with Crippen molar-refractivity contribution in [1.82, 2.24) is 10.3 Å². The third-order valence-corrected chi connectivity index (χ3v) is 6.15. The van der Waals surface area contributed by atoms with Gasteiger partial charge in [-0.05, 0) is 62.7 Å². The number of aryl methyl sites for hydroxylation is 1. The highest BCUT2D eigenvalue weighted by molar-refractivity contribution is 7.13. The lowest BCUT2D eigenvalue weighted by molar-refractivity contribution is 0.0943. The maximum absolute atomic E-state index is 12.3. The minimum absolute atomic E-state index is 0.0731.